The van der Waals surface area contributed by atoms with Gasteiger partial charge in [-0.25, -0.2) is 4.98 Å². The van der Waals surface area contributed by atoms with Crippen molar-refractivity contribution in [2.75, 3.05) is 0 Å². The second-order valence-electron chi connectivity index (χ2n) is 3.29. The van der Waals surface area contributed by atoms with E-state index < -0.39 is 6.10 Å². The number of hydrogen-bond donors (Lipinski definition) is 1. The molecule has 2 aromatic rings. The van der Waals surface area contributed by atoms with E-state index in [2.05, 4.69) is 4.98 Å². The van der Waals surface area contributed by atoms with Crippen molar-refractivity contribution in [2.45, 2.75) is 20.0 Å². The maximum atomic E-state index is 9.36. The van der Waals surface area contributed by atoms with Crippen LogP contribution in [0.25, 0.3) is 5.65 Å². The third kappa shape index (κ3) is 1.42. The predicted molar refractivity (Wildman–Crippen MR) is 50.6 cm³/mol. The van der Waals surface area contributed by atoms with Crippen LogP contribution >= 0.6 is 0 Å². The number of imidazole rings is 1. The highest BCUT2D eigenvalue weighted by atomic mass is 16.3. The number of nitrogens with zero attached hydrogens (tertiary/aromatic N) is 2. The SMILES string of the molecule is Cc1cn2cc([C@H](C)O)ccc2n1. The minimum atomic E-state index is -0.424. The van der Waals surface area contributed by atoms with Gasteiger partial charge in [-0.1, -0.05) is 6.07 Å². The van der Waals surface area contributed by atoms with Gasteiger partial charge in [0, 0.05) is 12.4 Å². The molecule has 0 unspecified atom stereocenters. The molecule has 0 aliphatic heterocycles. The molecule has 0 aliphatic rings. The van der Waals surface area contributed by atoms with E-state index in [0.29, 0.717) is 0 Å². The van der Waals surface area contributed by atoms with E-state index in [1.165, 1.54) is 0 Å². The van der Waals surface area contributed by atoms with Gasteiger partial charge >= 0.3 is 0 Å². The van der Waals surface area contributed by atoms with Crippen molar-refractivity contribution in [1.29, 1.82) is 0 Å². The summed E-state index contributed by atoms with van der Waals surface area (Å²) in [5.74, 6) is 0. The molecule has 0 spiro atoms. The molecule has 13 heavy (non-hydrogen) atoms. The van der Waals surface area contributed by atoms with Crippen LogP contribution in [0.4, 0.5) is 0 Å². The highest BCUT2D eigenvalue weighted by Gasteiger charge is 2.02. The predicted octanol–water partition coefficient (Wildman–Crippen LogP) is 1.70. The van der Waals surface area contributed by atoms with Crippen molar-refractivity contribution in [3.63, 3.8) is 0 Å². The Labute approximate surface area is 76.7 Å². The second kappa shape index (κ2) is 2.85. The van der Waals surface area contributed by atoms with Gasteiger partial charge in [-0.15, -0.1) is 0 Å². The first-order valence-electron chi connectivity index (χ1n) is 4.30. The quantitative estimate of drug-likeness (QED) is 0.718. The van der Waals surface area contributed by atoms with Gasteiger partial charge < -0.3 is 9.51 Å². The Morgan fingerprint density at radius 2 is 2.15 bits per heavy atom. The van der Waals surface area contributed by atoms with Gasteiger partial charge in [0.2, 0.25) is 0 Å². The van der Waals surface area contributed by atoms with Gasteiger partial charge in [-0.3, -0.25) is 0 Å². The molecule has 2 aromatic heterocycles. The van der Waals surface area contributed by atoms with Gasteiger partial charge in [-0.2, -0.15) is 0 Å². The van der Waals surface area contributed by atoms with Crippen molar-refractivity contribution in [3.05, 3.63) is 35.8 Å². The fraction of sp³-hybridized carbons (Fsp3) is 0.300. The van der Waals surface area contributed by atoms with Gasteiger partial charge in [0.1, 0.15) is 5.65 Å². The average Bonchev–Trinajstić information content (AvgIpc) is 2.42. The van der Waals surface area contributed by atoms with E-state index in [1.54, 1.807) is 6.92 Å². The molecule has 0 aromatic carbocycles. The summed E-state index contributed by atoms with van der Waals surface area (Å²) in [5.41, 5.74) is 2.81. The van der Waals surface area contributed by atoms with Crippen molar-refractivity contribution in [2.24, 2.45) is 0 Å². The Morgan fingerprint density at radius 3 is 2.85 bits per heavy atom. The molecule has 1 N–H and O–H groups in total. The largest absolute Gasteiger partial charge is 0.389 e. The average molecular weight is 176 g/mol. The summed E-state index contributed by atoms with van der Waals surface area (Å²) in [7, 11) is 0. The number of hydrogen-bond acceptors (Lipinski definition) is 2. The lowest BCUT2D eigenvalue weighted by Gasteiger charge is -2.03. The van der Waals surface area contributed by atoms with Gasteiger partial charge in [0.15, 0.2) is 0 Å². The van der Waals surface area contributed by atoms with Gasteiger partial charge in [-0.05, 0) is 25.5 Å². The third-order valence-electron chi connectivity index (χ3n) is 2.08. The smallest absolute Gasteiger partial charge is 0.136 e. The van der Waals surface area contributed by atoms with Crippen LogP contribution < -0.4 is 0 Å². The molecule has 3 heteroatoms. The molecule has 2 heterocycles. The molecule has 0 saturated heterocycles. The molecule has 68 valence electrons. The Kier molecular flexibility index (Phi) is 1.81. The fourth-order valence-electron chi connectivity index (χ4n) is 1.38. The van der Waals surface area contributed by atoms with E-state index in [0.717, 1.165) is 16.9 Å². The first-order chi connectivity index (χ1) is 6.16. The van der Waals surface area contributed by atoms with E-state index >= 15 is 0 Å². The van der Waals surface area contributed by atoms with E-state index in [4.69, 9.17) is 0 Å². The van der Waals surface area contributed by atoms with Crippen molar-refractivity contribution < 1.29 is 5.11 Å². The number of aromatic nitrogens is 2. The highest BCUT2D eigenvalue weighted by Crippen LogP contribution is 2.13. The minimum absolute atomic E-state index is 0.424. The van der Waals surface area contributed by atoms with Crippen LogP contribution in [0.5, 0.6) is 0 Å². The maximum Gasteiger partial charge on any atom is 0.136 e. The number of fused-ring (bicyclic) bond motifs is 1. The Balaban J connectivity index is 2.61. The van der Waals surface area contributed by atoms with Crippen molar-refractivity contribution >= 4 is 5.65 Å². The topological polar surface area (TPSA) is 37.5 Å². The van der Waals surface area contributed by atoms with Crippen LogP contribution in [0.3, 0.4) is 0 Å². The molecule has 0 saturated carbocycles. The number of pyridine rings is 1. The van der Waals surface area contributed by atoms with Crippen LogP contribution in [-0.4, -0.2) is 14.5 Å². The normalized spacial score (nSPS) is 13.5. The summed E-state index contributed by atoms with van der Waals surface area (Å²) in [6.07, 6.45) is 3.42. The highest BCUT2D eigenvalue weighted by molar-refractivity contribution is 5.41. The molecule has 0 amide bonds. The number of aliphatic hydroxyl groups is 1. The molecule has 0 fully saturated rings. The van der Waals surface area contributed by atoms with Gasteiger partial charge in [0.05, 0.1) is 11.8 Å². The molecule has 0 bridgehead atoms. The molecule has 0 radical (unpaired) electrons. The third-order valence-corrected chi connectivity index (χ3v) is 2.08. The standard InChI is InChI=1S/C10H12N2O/c1-7-5-12-6-9(8(2)13)3-4-10(12)11-7/h3-6,8,13H,1-2H3/t8-/m0/s1. The summed E-state index contributed by atoms with van der Waals surface area (Å²) in [4.78, 5) is 4.29. The molecule has 3 nitrogen and oxygen atoms in total. The Bertz CT molecular complexity index is 431. The lowest BCUT2D eigenvalue weighted by atomic mass is 10.2. The number of aryl methyl sites for hydroxylation is 1. The second-order valence-corrected chi connectivity index (χ2v) is 3.29. The minimum Gasteiger partial charge on any atom is -0.389 e. The zero-order chi connectivity index (χ0) is 9.42. The Hall–Kier alpha value is -1.35. The lowest BCUT2D eigenvalue weighted by molar-refractivity contribution is 0.199. The maximum absolute atomic E-state index is 9.36. The molecule has 0 aliphatic carbocycles. The molecular weight excluding hydrogens is 164 g/mol. The van der Waals surface area contributed by atoms with E-state index in [-0.39, 0.29) is 0 Å². The molecule has 2 rings (SSSR count). The molecule has 1 atom stereocenters. The zero-order valence-electron chi connectivity index (χ0n) is 7.73. The van der Waals surface area contributed by atoms with Crippen LogP contribution in [0.1, 0.15) is 24.3 Å². The molecular formula is C10H12N2O. The first-order valence-corrected chi connectivity index (χ1v) is 4.30. The Morgan fingerprint density at radius 1 is 1.38 bits per heavy atom. The number of aliphatic hydroxyl groups excluding tert-OH is 1. The number of rotatable bonds is 1. The zero-order valence-corrected chi connectivity index (χ0v) is 7.73. The van der Waals surface area contributed by atoms with Crippen LogP contribution in [0.15, 0.2) is 24.5 Å². The summed E-state index contributed by atoms with van der Waals surface area (Å²) in [5, 5.41) is 9.36. The monoisotopic (exact) mass is 176 g/mol. The van der Waals surface area contributed by atoms with E-state index in [9.17, 15) is 5.11 Å². The first kappa shape index (κ1) is 8.26. The summed E-state index contributed by atoms with van der Waals surface area (Å²) < 4.78 is 1.93. The van der Waals surface area contributed by atoms with Crippen molar-refractivity contribution in [3.8, 4) is 0 Å². The summed E-state index contributed by atoms with van der Waals surface area (Å²) in [6, 6.07) is 3.81. The van der Waals surface area contributed by atoms with E-state index in [1.807, 2.05) is 35.9 Å². The van der Waals surface area contributed by atoms with Crippen LogP contribution in [0.2, 0.25) is 0 Å². The summed E-state index contributed by atoms with van der Waals surface area (Å²) in [6.45, 7) is 3.71. The lowest BCUT2D eigenvalue weighted by Crippen LogP contribution is -1.93. The van der Waals surface area contributed by atoms with Crippen molar-refractivity contribution in [1.82, 2.24) is 9.38 Å². The van der Waals surface area contributed by atoms with Gasteiger partial charge in [0.25, 0.3) is 0 Å². The van der Waals surface area contributed by atoms with Crippen LogP contribution in [0, 0.1) is 6.92 Å². The fourth-order valence-corrected chi connectivity index (χ4v) is 1.38. The van der Waals surface area contributed by atoms with Crippen LogP contribution in [-0.2, 0) is 0 Å². The summed E-state index contributed by atoms with van der Waals surface area (Å²) >= 11 is 0.